The first-order chi connectivity index (χ1) is 9.65. The Morgan fingerprint density at radius 3 is 2.85 bits per heavy atom. The summed E-state index contributed by atoms with van der Waals surface area (Å²) in [7, 11) is 0. The molecule has 20 heavy (non-hydrogen) atoms. The van der Waals surface area contributed by atoms with E-state index in [1.165, 1.54) is 24.3 Å². The third-order valence-electron chi connectivity index (χ3n) is 2.68. The number of rotatable bonds is 4. The molecule has 3 nitrogen and oxygen atoms in total. The summed E-state index contributed by atoms with van der Waals surface area (Å²) in [5.74, 6) is -0.303. The average molecular weight is 290 g/mol. The van der Waals surface area contributed by atoms with E-state index in [9.17, 15) is 9.18 Å². The summed E-state index contributed by atoms with van der Waals surface area (Å²) in [6, 6.07) is 10.8. The van der Waals surface area contributed by atoms with Gasteiger partial charge in [0.25, 0.3) is 0 Å². The highest BCUT2D eigenvalue weighted by atomic mass is 35.5. The van der Waals surface area contributed by atoms with Crippen LogP contribution in [-0.2, 0) is 6.61 Å². The fraction of sp³-hybridized carbons (Fsp3) is 0.0667. The number of nitrogens with zero attached hydrogens (tertiary/aromatic N) is 1. The van der Waals surface area contributed by atoms with Crippen LogP contribution in [0.15, 0.2) is 36.4 Å². The van der Waals surface area contributed by atoms with Crippen molar-refractivity contribution in [1.82, 2.24) is 0 Å². The number of hydrogen-bond acceptors (Lipinski definition) is 3. The van der Waals surface area contributed by atoms with E-state index in [2.05, 4.69) is 0 Å². The van der Waals surface area contributed by atoms with Gasteiger partial charge in [-0.05, 0) is 24.3 Å². The predicted molar refractivity (Wildman–Crippen MR) is 72.3 cm³/mol. The lowest BCUT2D eigenvalue weighted by Crippen LogP contribution is -2.02. The van der Waals surface area contributed by atoms with Crippen LogP contribution in [0.1, 0.15) is 21.5 Å². The second-order valence-corrected chi connectivity index (χ2v) is 4.42. The summed E-state index contributed by atoms with van der Waals surface area (Å²) in [6.45, 7) is -0.0795. The zero-order valence-corrected chi connectivity index (χ0v) is 11.0. The van der Waals surface area contributed by atoms with Crippen LogP contribution in [0.5, 0.6) is 5.75 Å². The minimum absolute atomic E-state index is 0.0437. The maximum Gasteiger partial charge on any atom is 0.153 e. The van der Waals surface area contributed by atoms with Crippen LogP contribution in [0.4, 0.5) is 4.39 Å². The Hall–Kier alpha value is -2.38. The summed E-state index contributed by atoms with van der Waals surface area (Å²) in [5.41, 5.74) is 0.489. The maximum atomic E-state index is 13.8. The zero-order valence-electron chi connectivity index (χ0n) is 10.3. The topological polar surface area (TPSA) is 50.1 Å². The number of carbonyl (C=O) groups is 1. The van der Waals surface area contributed by atoms with Gasteiger partial charge in [-0.2, -0.15) is 5.26 Å². The molecule has 0 bridgehead atoms. The summed E-state index contributed by atoms with van der Waals surface area (Å²) >= 11 is 5.77. The van der Waals surface area contributed by atoms with E-state index >= 15 is 0 Å². The highest BCUT2D eigenvalue weighted by molar-refractivity contribution is 6.30. The number of aldehydes is 1. The van der Waals surface area contributed by atoms with Crippen LogP contribution in [0.25, 0.3) is 0 Å². The van der Waals surface area contributed by atoms with Crippen LogP contribution in [0.3, 0.4) is 0 Å². The molecule has 0 amide bonds. The van der Waals surface area contributed by atoms with Gasteiger partial charge in [-0.1, -0.05) is 23.7 Å². The van der Waals surface area contributed by atoms with E-state index in [0.717, 1.165) is 0 Å². The largest absolute Gasteiger partial charge is 0.488 e. The van der Waals surface area contributed by atoms with Crippen molar-refractivity contribution < 1.29 is 13.9 Å². The highest BCUT2D eigenvalue weighted by Crippen LogP contribution is 2.23. The normalized spacial score (nSPS) is 9.85. The molecule has 0 spiro atoms. The van der Waals surface area contributed by atoms with Gasteiger partial charge in [0, 0.05) is 10.6 Å². The fourth-order valence-electron chi connectivity index (χ4n) is 1.68. The smallest absolute Gasteiger partial charge is 0.153 e. The molecule has 0 aliphatic carbocycles. The number of ether oxygens (including phenoxy) is 1. The summed E-state index contributed by atoms with van der Waals surface area (Å²) in [4.78, 5) is 10.9. The molecule has 0 N–H and O–H groups in total. The maximum absolute atomic E-state index is 13.8. The van der Waals surface area contributed by atoms with Crippen molar-refractivity contribution in [2.75, 3.05) is 0 Å². The lowest BCUT2D eigenvalue weighted by Gasteiger charge is -2.09. The Kier molecular flexibility index (Phi) is 4.34. The number of halogens is 2. The van der Waals surface area contributed by atoms with Crippen LogP contribution >= 0.6 is 11.6 Å². The standard InChI is InChI=1S/C15H9ClFNO2/c16-13-4-5-14(12(6-13)8-19)20-9-11-3-1-2-10(7-18)15(11)17/h1-6,8H,9H2. The molecule has 5 heteroatoms. The van der Waals surface area contributed by atoms with Crippen molar-refractivity contribution in [3.63, 3.8) is 0 Å². The van der Waals surface area contributed by atoms with Crippen molar-refractivity contribution in [3.8, 4) is 11.8 Å². The predicted octanol–water partition coefficient (Wildman–Crippen LogP) is 3.74. The Morgan fingerprint density at radius 2 is 2.15 bits per heavy atom. The first-order valence-corrected chi connectivity index (χ1v) is 6.08. The molecule has 0 saturated heterocycles. The summed E-state index contributed by atoms with van der Waals surface area (Å²) in [6.07, 6.45) is 0.614. The summed E-state index contributed by atoms with van der Waals surface area (Å²) < 4.78 is 19.2. The zero-order chi connectivity index (χ0) is 14.5. The third-order valence-corrected chi connectivity index (χ3v) is 2.92. The average Bonchev–Trinajstić information content (AvgIpc) is 2.47. The minimum atomic E-state index is -0.614. The van der Waals surface area contributed by atoms with Gasteiger partial charge in [0.05, 0.1) is 11.1 Å². The van der Waals surface area contributed by atoms with Crippen molar-refractivity contribution in [3.05, 3.63) is 63.9 Å². The Morgan fingerprint density at radius 1 is 1.35 bits per heavy atom. The van der Waals surface area contributed by atoms with Crippen molar-refractivity contribution >= 4 is 17.9 Å². The molecule has 0 aliphatic heterocycles. The molecule has 2 rings (SSSR count). The van der Waals surface area contributed by atoms with E-state index in [1.54, 1.807) is 18.2 Å². The summed E-state index contributed by atoms with van der Waals surface area (Å²) in [5, 5.41) is 9.16. The first kappa shape index (κ1) is 14.0. The van der Waals surface area contributed by atoms with Crippen molar-refractivity contribution in [2.45, 2.75) is 6.61 Å². The molecular weight excluding hydrogens is 281 g/mol. The minimum Gasteiger partial charge on any atom is -0.488 e. The van der Waals surface area contributed by atoms with Gasteiger partial charge in [0.1, 0.15) is 24.2 Å². The molecule has 2 aromatic rings. The van der Waals surface area contributed by atoms with E-state index in [4.69, 9.17) is 21.6 Å². The molecule has 2 aromatic carbocycles. The fourth-order valence-corrected chi connectivity index (χ4v) is 1.86. The lowest BCUT2D eigenvalue weighted by atomic mass is 10.1. The Balaban J connectivity index is 2.22. The van der Waals surface area contributed by atoms with Crippen LogP contribution < -0.4 is 4.74 Å². The van der Waals surface area contributed by atoms with Gasteiger partial charge in [-0.15, -0.1) is 0 Å². The molecule has 0 aliphatic rings. The van der Waals surface area contributed by atoms with E-state index in [-0.39, 0.29) is 23.3 Å². The second-order valence-electron chi connectivity index (χ2n) is 3.98. The lowest BCUT2D eigenvalue weighted by molar-refractivity contribution is 0.111. The monoisotopic (exact) mass is 289 g/mol. The Bertz CT molecular complexity index is 695. The van der Waals surface area contributed by atoms with Gasteiger partial charge in [0.15, 0.2) is 6.29 Å². The number of hydrogen-bond donors (Lipinski definition) is 0. The van der Waals surface area contributed by atoms with Crippen LogP contribution in [-0.4, -0.2) is 6.29 Å². The van der Waals surface area contributed by atoms with E-state index in [1.807, 2.05) is 0 Å². The molecule has 0 aromatic heterocycles. The van der Waals surface area contributed by atoms with Gasteiger partial charge in [0.2, 0.25) is 0 Å². The second kappa shape index (κ2) is 6.18. The SMILES string of the molecule is N#Cc1cccc(COc2ccc(Cl)cc2C=O)c1F. The molecule has 0 atom stereocenters. The van der Waals surface area contributed by atoms with Gasteiger partial charge >= 0.3 is 0 Å². The number of carbonyl (C=O) groups excluding carboxylic acids is 1. The molecule has 0 radical (unpaired) electrons. The molecule has 100 valence electrons. The van der Waals surface area contributed by atoms with Gasteiger partial charge in [-0.3, -0.25) is 4.79 Å². The number of benzene rings is 2. The van der Waals surface area contributed by atoms with E-state index in [0.29, 0.717) is 17.1 Å². The van der Waals surface area contributed by atoms with Crippen molar-refractivity contribution in [1.29, 1.82) is 5.26 Å². The van der Waals surface area contributed by atoms with Crippen molar-refractivity contribution in [2.24, 2.45) is 0 Å². The van der Waals surface area contributed by atoms with Crippen LogP contribution in [0, 0.1) is 17.1 Å². The van der Waals surface area contributed by atoms with Crippen LogP contribution in [0.2, 0.25) is 5.02 Å². The van der Waals surface area contributed by atoms with Gasteiger partial charge < -0.3 is 4.74 Å². The Labute approximate surface area is 120 Å². The third kappa shape index (κ3) is 2.95. The molecule has 0 fully saturated rings. The van der Waals surface area contributed by atoms with E-state index < -0.39 is 5.82 Å². The molecular formula is C15H9ClFNO2. The quantitative estimate of drug-likeness (QED) is 0.806. The number of nitriles is 1. The highest BCUT2D eigenvalue weighted by Gasteiger charge is 2.09. The molecule has 0 unspecified atom stereocenters. The first-order valence-electron chi connectivity index (χ1n) is 5.70. The molecule has 0 saturated carbocycles. The molecule has 0 heterocycles. The van der Waals surface area contributed by atoms with Gasteiger partial charge in [-0.25, -0.2) is 4.39 Å².